The van der Waals surface area contributed by atoms with Crippen LogP contribution in [0.2, 0.25) is 0 Å². The van der Waals surface area contributed by atoms with Crippen molar-refractivity contribution < 1.29 is 32.7 Å². The molecule has 3 amide bonds. The summed E-state index contributed by atoms with van der Waals surface area (Å²) >= 11 is 1.58. The second-order valence-electron chi connectivity index (χ2n) is 13.7. The molecule has 7 rings (SSSR count). The fourth-order valence-electron chi connectivity index (χ4n) is 6.79. The Kier molecular flexibility index (Phi) is 11.6. The highest BCUT2D eigenvalue weighted by molar-refractivity contribution is 7.13. The number of anilines is 1. The summed E-state index contributed by atoms with van der Waals surface area (Å²) in [5, 5.41) is 6.01. The summed E-state index contributed by atoms with van der Waals surface area (Å²) in [7, 11) is 0. The normalized spacial score (nSPS) is 13.8. The van der Waals surface area contributed by atoms with E-state index in [9.17, 15) is 28.0 Å². The first-order chi connectivity index (χ1) is 27.6. The predicted octanol–water partition coefficient (Wildman–Crippen LogP) is 6.34. The van der Waals surface area contributed by atoms with Crippen LogP contribution in [0, 0.1) is 18.6 Å². The summed E-state index contributed by atoms with van der Waals surface area (Å²) in [6.45, 7) is 2.82. The number of carbonyl (C=O) groups is 4. The number of nitrogen functional groups attached to an aromatic ring is 1. The SMILES string of the molecule is Cc1ncsc1-c1ccc(CNC(=O)C2CCCN2C(=O)CNC(=O)CCCOc2ccc(-c3cnc4[nH]cc(C(=O)c5c(F)ccc(N)c5F)c4c3)cc2)cc1. The predicted molar refractivity (Wildman–Crippen MR) is 212 cm³/mol. The van der Waals surface area contributed by atoms with Crippen molar-refractivity contribution in [2.45, 2.75) is 45.2 Å². The van der Waals surface area contributed by atoms with E-state index in [1.165, 1.54) is 11.1 Å². The van der Waals surface area contributed by atoms with Crippen LogP contribution >= 0.6 is 11.3 Å². The molecule has 0 radical (unpaired) electrons. The Morgan fingerprint density at radius 3 is 2.51 bits per heavy atom. The molecule has 0 spiro atoms. The van der Waals surface area contributed by atoms with Gasteiger partial charge in [0.1, 0.15) is 23.3 Å². The average molecular weight is 792 g/mol. The minimum atomic E-state index is -1.11. The van der Waals surface area contributed by atoms with Crippen molar-refractivity contribution in [3.63, 3.8) is 0 Å². The molecule has 12 nitrogen and oxygen atoms in total. The number of aryl methyl sites for hydroxylation is 1. The molecular formula is C42H39F2N7O5S. The number of nitrogens with two attached hydrogens (primary N) is 1. The molecule has 3 aromatic heterocycles. The molecule has 6 aromatic rings. The average Bonchev–Trinajstić information content (AvgIpc) is 4.00. The molecule has 1 unspecified atom stereocenters. The van der Waals surface area contributed by atoms with Gasteiger partial charge in [0.25, 0.3) is 0 Å². The molecule has 1 fully saturated rings. The standard InChI is InChI=1S/C42H39F2N7O5S/c1-24-40(57-23-50-24)27-8-6-25(7-9-27)19-49-42(55)34-4-2-16-51(34)36(53)22-46-35(52)5-3-17-56-29-12-10-26(11-13-29)28-18-30-31(21-48-41(30)47-20-28)39(54)37-32(43)14-15-33(45)38(37)44/h6-15,18,20-21,23,34H,2-5,16-17,19,22,45H2,1H3,(H,46,52)(H,47,48)(H,49,55). The van der Waals surface area contributed by atoms with Crippen molar-refractivity contribution in [2.24, 2.45) is 0 Å². The maximum Gasteiger partial charge on any atom is 0.243 e. The van der Waals surface area contributed by atoms with Gasteiger partial charge in [-0.2, -0.15) is 0 Å². The Labute approximate surface area is 330 Å². The first kappa shape index (κ1) is 38.8. The number of likely N-dealkylation sites (tertiary alicyclic amines) is 1. The highest BCUT2D eigenvalue weighted by Gasteiger charge is 2.34. The van der Waals surface area contributed by atoms with Crippen molar-refractivity contribution in [1.29, 1.82) is 0 Å². The Balaban J connectivity index is 0.844. The number of aromatic nitrogens is 3. The number of amides is 3. The van der Waals surface area contributed by atoms with Crippen molar-refractivity contribution in [3.8, 4) is 27.3 Å². The number of fused-ring (bicyclic) bond motifs is 1. The first-order valence-electron chi connectivity index (χ1n) is 18.4. The fraction of sp³-hybridized carbons (Fsp3) is 0.238. The van der Waals surface area contributed by atoms with Gasteiger partial charge in [0.2, 0.25) is 23.5 Å². The van der Waals surface area contributed by atoms with E-state index in [0.717, 1.165) is 39.4 Å². The molecule has 0 aliphatic carbocycles. The summed E-state index contributed by atoms with van der Waals surface area (Å²) in [4.78, 5) is 65.9. The van der Waals surface area contributed by atoms with Gasteiger partial charge >= 0.3 is 0 Å². The van der Waals surface area contributed by atoms with E-state index in [4.69, 9.17) is 10.5 Å². The van der Waals surface area contributed by atoms with Crippen LogP contribution < -0.4 is 21.1 Å². The number of hydrogen-bond donors (Lipinski definition) is 4. The number of thiazole rings is 1. The number of hydrogen-bond acceptors (Lipinski definition) is 9. The third-order valence-corrected chi connectivity index (χ3v) is 10.8. The molecule has 5 N–H and O–H groups in total. The van der Waals surface area contributed by atoms with Crippen LogP contribution in [-0.4, -0.2) is 69.1 Å². The monoisotopic (exact) mass is 791 g/mol. The second kappa shape index (κ2) is 17.1. The number of carbonyl (C=O) groups excluding carboxylic acids is 4. The number of nitrogens with zero attached hydrogens (tertiary/aromatic N) is 3. The Hall–Kier alpha value is -6.48. The van der Waals surface area contributed by atoms with Gasteiger partial charge in [0.15, 0.2) is 5.82 Å². The number of ether oxygens (including phenoxy) is 1. The number of benzene rings is 3. The third-order valence-electron chi connectivity index (χ3n) is 9.87. The number of nitrogens with one attached hydrogen (secondary N) is 3. The lowest BCUT2D eigenvalue weighted by Crippen LogP contribution is -2.48. The molecule has 3 aromatic carbocycles. The molecule has 1 saturated heterocycles. The van der Waals surface area contributed by atoms with E-state index >= 15 is 0 Å². The molecule has 0 bridgehead atoms. The van der Waals surface area contributed by atoms with Gasteiger partial charge in [-0.25, -0.2) is 18.7 Å². The number of H-pyrrole nitrogens is 1. The summed E-state index contributed by atoms with van der Waals surface area (Å²) in [5.41, 5.74) is 11.2. The maximum atomic E-state index is 14.6. The Morgan fingerprint density at radius 2 is 1.75 bits per heavy atom. The summed E-state index contributed by atoms with van der Waals surface area (Å²) in [5.74, 6) is -3.24. The van der Waals surface area contributed by atoms with Gasteiger partial charge in [-0.1, -0.05) is 36.4 Å². The van der Waals surface area contributed by atoms with E-state index < -0.39 is 29.0 Å². The zero-order valence-corrected chi connectivity index (χ0v) is 31.8. The van der Waals surface area contributed by atoms with Crippen molar-refractivity contribution in [2.75, 3.05) is 25.4 Å². The molecule has 0 saturated carbocycles. The van der Waals surface area contributed by atoms with Crippen LogP contribution in [0.15, 0.2) is 84.6 Å². The molecule has 1 aliphatic heterocycles. The minimum absolute atomic E-state index is 0.0517. The third kappa shape index (κ3) is 8.68. The Bertz CT molecular complexity index is 2450. The van der Waals surface area contributed by atoms with Gasteiger partial charge in [0.05, 0.1) is 40.5 Å². The number of aromatic amines is 1. The van der Waals surface area contributed by atoms with Crippen molar-refractivity contribution >= 4 is 51.6 Å². The molecule has 15 heteroatoms. The van der Waals surface area contributed by atoms with E-state index in [2.05, 4.69) is 25.6 Å². The van der Waals surface area contributed by atoms with Crippen LogP contribution in [0.4, 0.5) is 14.5 Å². The van der Waals surface area contributed by atoms with Gasteiger partial charge in [-0.15, -0.1) is 11.3 Å². The first-order valence-corrected chi connectivity index (χ1v) is 19.3. The molecule has 1 aliphatic rings. The second-order valence-corrected chi connectivity index (χ2v) is 14.5. The largest absolute Gasteiger partial charge is 0.494 e. The zero-order chi connectivity index (χ0) is 40.1. The molecule has 57 heavy (non-hydrogen) atoms. The topological polar surface area (TPSA) is 172 Å². The number of halogens is 2. The molecule has 1 atom stereocenters. The van der Waals surface area contributed by atoms with Gasteiger partial charge < -0.3 is 31.0 Å². The van der Waals surface area contributed by atoms with Crippen molar-refractivity contribution in [1.82, 2.24) is 30.5 Å². The van der Waals surface area contributed by atoms with Gasteiger partial charge in [-0.05, 0) is 73.2 Å². The van der Waals surface area contributed by atoms with Crippen LogP contribution in [0.3, 0.4) is 0 Å². The highest BCUT2D eigenvalue weighted by Crippen LogP contribution is 2.30. The minimum Gasteiger partial charge on any atom is -0.494 e. The van der Waals surface area contributed by atoms with Gasteiger partial charge in [0, 0.05) is 48.4 Å². The number of ketones is 1. The van der Waals surface area contributed by atoms with Crippen LogP contribution in [0.5, 0.6) is 5.75 Å². The lowest BCUT2D eigenvalue weighted by molar-refractivity contribution is -0.138. The van der Waals surface area contributed by atoms with Crippen LogP contribution in [0.25, 0.3) is 32.6 Å². The van der Waals surface area contributed by atoms with Crippen molar-refractivity contribution in [3.05, 3.63) is 119 Å². The maximum absolute atomic E-state index is 14.6. The van der Waals surface area contributed by atoms with E-state index in [1.807, 2.05) is 36.7 Å². The Morgan fingerprint density at radius 1 is 0.982 bits per heavy atom. The van der Waals surface area contributed by atoms with Crippen LogP contribution in [-0.2, 0) is 20.9 Å². The number of rotatable bonds is 14. The van der Waals surface area contributed by atoms with E-state index in [-0.39, 0.29) is 48.5 Å². The quantitative estimate of drug-likeness (QED) is 0.0563. The highest BCUT2D eigenvalue weighted by atomic mass is 32.1. The lowest BCUT2D eigenvalue weighted by Gasteiger charge is -2.24. The zero-order valence-electron chi connectivity index (χ0n) is 30.9. The van der Waals surface area contributed by atoms with Crippen LogP contribution in [0.1, 0.15) is 52.9 Å². The van der Waals surface area contributed by atoms with E-state index in [1.54, 1.807) is 47.9 Å². The molecular weight excluding hydrogens is 753 g/mol. The fourth-order valence-corrected chi connectivity index (χ4v) is 7.60. The molecule has 292 valence electrons. The van der Waals surface area contributed by atoms with E-state index in [0.29, 0.717) is 54.7 Å². The smallest absolute Gasteiger partial charge is 0.243 e. The summed E-state index contributed by atoms with van der Waals surface area (Å²) in [6.07, 6.45) is 4.78. The van der Waals surface area contributed by atoms with Gasteiger partial charge in [-0.3, -0.25) is 19.2 Å². The number of pyridine rings is 1. The molecule has 4 heterocycles. The lowest BCUT2D eigenvalue weighted by atomic mass is 10.00. The summed E-state index contributed by atoms with van der Waals surface area (Å²) in [6, 6.07) is 18.2. The summed E-state index contributed by atoms with van der Waals surface area (Å²) < 4.78 is 34.9.